The van der Waals surface area contributed by atoms with Crippen molar-refractivity contribution in [1.82, 2.24) is 19.4 Å². The predicted octanol–water partition coefficient (Wildman–Crippen LogP) is 1.41. The molecule has 3 heterocycles. The van der Waals surface area contributed by atoms with E-state index in [1.54, 1.807) is 6.07 Å². The summed E-state index contributed by atoms with van der Waals surface area (Å²) in [7, 11) is -3.72. The molecule has 2 aliphatic heterocycles. The molecule has 174 valence electrons. The van der Waals surface area contributed by atoms with E-state index in [0.717, 1.165) is 37.8 Å². The molecule has 32 heavy (non-hydrogen) atoms. The molecular weight excluding hydrogens is 475 g/mol. The van der Waals surface area contributed by atoms with E-state index >= 15 is 0 Å². The van der Waals surface area contributed by atoms with Crippen LogP contribution in [0.2, 0.25) is 10.0 Å². The molecule has 12 heteroatoms. The van der Waals surface area contributed by atoms with Crippen LogP contribution in [0, 0.1) is 0 Å². The number of anilines is 2. The van der Waals surface area contributed by atoms with Gasteiger partial charge < -0.3 is 14.9 Å². The minimum atomic E-state index is -3.72. The van der Waals surface area contributed by atoms with Crippen LogP contribution in [-0.4, -0.2) is 98.4 Å². The molecule has 0 radical (unpaired) electrons. The molecule has 0 aliphatic carbocycles. The predicted molar refractivity (Wildman–Crippen MR) is 125 cm³/mol. The smallest absolute Gasteiger partial charge is 0.244 e. The lowest BCUT2D eigenvalue weighted by atomic mass is 10.3. The summed E-state index contributed by atoms with van der Waals surface area (Å²) in [6.07, 6.45) is 0. The standard InChI is InChI=1S/C20H26Cl2N6O3S/c21-16-1-2-17(22)18(15-16)32(30,31)28-11-9-27(10-12-28)20-4-3-19(23-24-20)26-7-5-25(6-8-26)13-14-29/h1-4,15,29H,5-14H2. The average molecular weight is 501 g/mol. The van der Waals surface area contributed by atoms with Crippen LogP contribution in [0.25, 0.3) is 0 Å². The summed E-state index contributed by atoms with van der Waals surface area (Å²) in [5.74, 6) is 1.56. The van der Waals surface area contributed by atoms with Gasteiger partial charge in [-0.2, -0.15) is 4.31 Å². The minimum absolute atomic E-state index is 0.0309. The molecule has 0 amide bonds. The summed E-state index contributed by atoms with van der Waals surface area (Å²) in [5.41, 5.74) is 0. The van der Waals surface area contributed by atoms with E-state index in [-0.39, 0.29) is 16.5 Å². The number of benzene rings is 1. The van der Waals surface area contributed by atoms with Gasteiger partial charge >= 0.3 is 0 Å². The van der Waals surface area contributed by atoms with Crippen molar-refractivity contribution in [3.05, 3.63) is 40.4 Å². The maximum absolute atomic E-state index is 13.0. The third-order valence-corrected chi connectivity index (χ3v) is 8.44. The number of sulfonamides is 1. The van der Waals surface area contributed by atoms with Crippen LogP contribution < -0.4 is 9.80 Å². The monoisotopic (exact) mass is 500 g/mol. The Balaban J connectivity index is 1.36. The van der Waals surface area contributed by atoms with E-state index < -0.39 is 10.0 Å². The highest BCUT2D eigenvalue weighted by Gasteiger charge is 2.31. The number of nitrogens with zero attached hydrogens (tertiary/aromatic N) is 6. The van der Waals surface area contributed by atoms with Crippen molar-refractivity contribution in [2.24, 2.45) is 0 Å². The van der Waals surface area contributed by atoms with Crippen LogP contribution in [-0.2, 0) is 10.0 Å². The molecule has 1 aromatic carbocycles. The van der Waals surface area contributed by atoms with Crippen LogP contribution >= 0.6 is 23.2 Å². The first-order chi connectivity index (χ1) is 15.4. The Bertz CT molecular complexity index is 1020. The lowest BCUT2D eigenvalue weighted by molar-refractivity contribution is 0.188. The fourth-order valence-corrected chi connectivity index (χ4v) is 6.13. The molecule has 0 atom stereocenters. The lowest BCUT2D eigenvalue weighted by Gasteiger charge is -2.36. The Hall–Kier alpha value is -1.69. The van der Waals surface area contributed by atoms with Gasteiger partial charge in [-0.25, -0.2) is 8.42 Å². The Morgan fingerprint density at radius 2 is 1.41 bits per heavy atom. The average Bonchev–Trinajstić information content (AvgIpc) is 2.81. The Kier molecular flexibility index (Phi) is 7.38. The molecule has 0 bridgehead atoms. The lowest BCUT2D eigenvalue weighted by Crippen LogP contribution is -2.49. The molecule has 0 spiro atoms. The van der Waals surface area contributed by atoms with Gasteiger partial charge in [0.15, 0.2) is 11.6 Å². The van der Waals surface area contributed by atoms with E-state index in [0.29, 0.717) is 37.7 Å². The van der Waals surface area contributed by atoms with Crippen LogP contribution in [0.15, 0.2) is 35.2 Å². The highest BCUT2D eigenvalue weighted by atomic mass is 35.5. The fraction of sp³-hybridized carbons (Fsp3) is 0.500. The molecule has 2 aliphatic rings. The summed E-state index contributed by atoms with van der Waals surface area (Å²) < 4.78 is 27.4. The Labute approximate surface area is 198 Å². The van der Waals surface area contributed by atoms with E-state index in [2.05, 4.69) is 20.0 Å². The number of aromatic nitrogens is 2. The SMILES string of the molecule is O=S(=O)(c1cc(Cl)ccc1Cl)N1CCN(c2ccc(N3CCN(CCO)CC3)nn2)CC1. The van der Waals surface area contributed by atoms with E-state index in [9.17, 15) is 8.42 Å². The van der Waals surface area contributed by atoms with E-state index in [1.165, 1.54) is 16.4 Å². The number of hydrogen-bond donors (Lipinski definition) is 1. The number of rotatable bonds is 6. The van der Waals surface area contributed by atoms with Crippen molar-refractivity contribution >= 4 is 44.9 Å². The van der Waals surface area contributed by atoms with Gasteiger partial charge in [0.1, 0.15) is 4.90 Å². The Morgan fingerprint density at radius 3 is 1.94 bits per heavy atom. The van der Waals surface area contributed by atoms with Gasteiger partial charge in [-0.3, -0.25) is 4.90 Å². The molecule has 2 fully saturated rings. The molecule has 9 nitrogen and oxygen atoms in total. The summed E-state index contributed by atoms with van der Waals surface area (Å²) in [6.45, 7) is 5.99. The maximum atomic E-state index is 13.0. The zero-order chi connectivity index (χ0) is 22.7. The molecule has 0 unspecified atom stereocenters. The largest absolute Gasteiger partial charge is 0.395 e. The number of β-amino-alcohol motifs (C(OH)–C–C–N with tert-alkyl or cyclic N) is 1. The van der Waals surface area contributed by atoms with Crippen molar-refractivity contribution in [3.8, 4) is 0 Å². The number of hydrogen-bond acceptors (Lipinski definition) is 8. The van der Waals surface area contributed by atoms with Gasteiger partial charge in [0, 0.05) is 63.9 Å². The van der Waals surface area contributed by atoms with Crippen molar-refractivity contribution in [2.45, 2.75) is 4.90 Å². The molecule has 1 aromatic heterocycles. The second kappa shape index (κ2) is 10.1. The number of halogens is 2. The van der Waals surface area contributed by atoms with Gasteiger partial charge in [-0.05, 0) is 30.3 Å². The molecular formula is C20H26Cl2N6O3S. The van der Waals surface area contributed by atoms with Crippen LogP contribution in [0.1, 0.15) is 0 Å². The van der Waals surface area contributed by atoms with Crippen LogP contribution in [0.3, 0.4) is 0 Å². The zero-order valence-electron chi connectivity index (χ0n) is 17.6. The normalized spacial score (nSPS) is 18.8. The Morgan fingerprint density at radius 1 is 0.844 bits per heavy atom. The zero-order valence-corrected chi connectivity index (χ0v) is 19.9. The van der Waals surface area contributed by atoms with Gasteiger partial charge in [0.2, 0.25) is 10.0 Å². The quantitative estimate of drug-likeness (QED) is 0.636. The van der Waals surface area contributed by atoms with Crippen LogP contribution in [0.4, 0.5) is 11.6 Å². The highest BCUT2D eigenvalue weighted by molar-refractivity contribution is 7.89. The first kappa shape index (κ1) is 23.5. The topological polar surface area (TPSA) is 93.1 Å². The highest BCUT2D eigenvalue weighted by Crippen LogP contribution is 2.28. The van der Waals surface area contributed by atoms with Crippen molar-refractivity contribution in [2.75, 3.05) is 75.3 Å². The second-order valence-corrected chi connectivity index (χ2v) is 10.5. The van der Waals surface area contributed by atoms with Gasteiger partial charge in [0.05, 0.1) is 11.6 Å². The molecule has 2 saturated heterocycles. The van der Waals surface area contributed by atoms with Crippen LogP contribution in [0.5, 0.6) is 0 Å². The van der Waals surface area contributed by atoms with E-state index in [1.807, 2.05) is 17.0 Å². The first-order valence-electron chi connectivity index (χ1n) is 10.5. The van der Waals surface area contributed by atoms with Gasteiger partial charge in [0.25, 0.3) is 0 Å². The van der Waals surface area contributed by atoms with Crippen molar-refractivity contribution in [1.29, 1.82) is 0 Å². The summed E-state index contributed by atoms with van der Waals surface area (Å²) in [6, 6.07) is 8.34. The van der Waals surface area contributed by atoms with E-state index in [4.69, 9.17) is 28.3 Å². The van der Waals surface area contributed by atoms with Crippen molar-refractivity contribution < 1.29 is 13.5 Å². The van der Waals surface area contributed by atoms with Gasteiger partial charge in [-0.15, -0.1) is 10.2 Å². The third kappa shape index (κ3) is 5.11. The fourth-order valence-electron chi connectivity index (χ4n) is 3.97. The molecule has 2 aromatic rings. The summed E-state index contributed by atoms with van der Waals surface area (Å²) in [5, 5.41) is 18.3. The number of aliphatic hydroxyl groups is 1. The minimum Gasteiger partial charge on any atom is -0.395 e. The number of aliphatic hydroxyl groups excluding tert-OH is 1. The van der Waals surface area contributed by atoms with Crippen molar-refractivity contribution in [3.63, 3.8) is 0 Å². The van der Waals surface area contributed by atoms with Gasteiger partial charge in [-0.1, -0.05) is 23.2 Å². The molecule has 4 rings (SSSR count). The molecule has 0 saturated carbocycles. The maximum Gasteiger partial charge on any atom is 0.244 e. The first-order valence-corrected chi connectivity index (χ1v) is 12.7. The third-order valence-electron chi connectivity index (χ3n) is 5.82. The molecule has 1 N–H and O–H groups in total. The summed E-state index contributed by atoms with van der Waals surface area (Å²) >= 11 is 12.1. The number of piperazine rings is 2. The second-order valence-electron chi connectivity index (χ2n) is 7.77. The summed E-state index contributed by atoms with van der Waals surface area (Å²) in [4.78, 5) is 6.47.